The van der Waals surface area contributed by atoms with E-state index in [4.69, 9.17) is 49.4 Å². The number of methoxy groups -OCH3 is 1. The number of ether oxygens (including phenoxy) is 1. The molecule has 1 aromatic heterocycles. The number of anilines is 1. The molecule has 0 unspecified atom stereocenters. The number of fused-ring (bicyclic) bond motifs is 1. The average molecular weight is 589 g/mol. The standard InChI is InChI=1S/C19H18Cl3N3O3S.C2HF3O2/c1-28-19-15(22)10-12(20)11-17(19)29(26,27)25-7-4-13-16(25)3-2-14(21)18(13)24-8-5-23-6-9-24;3-2(4,5)1(6)7/h2-4,7,10-11,23H,5-6,8-9H2,1H3;(H,6,7). The topological polar surface area (TPSA) is 101 Å². The SMILES string of the molecule is COc1c(Cl)cc(Cl)cc1S(=O)(=O)n1ccc2c(N3CCNCC3)c(Cl)ccc21.O=C(O)C(F)(F)F. The third-order valence-corrected chi connectivity index (χ3v) is 7.65. The fraction of sp³-hybridized carbons (Fsp3) is 0.286. The summed E-state index contributed by atoms with van der Waals surface area (Å²) in [6.07, 6.45) is -3.57. The highest BCUT2D eigenvalue weighted by molar-refractivity contribution is 7.90. The third-order valence-electron chi connectivity index (χ3n) is 5.15. The van der Waals surface area contributed by atoms with Gasteiger partial charge < -0.3 is 20.1 Å². The van der Waals surface area contributed by atoms with E-state index in [1.165, 1.54) is 29.4 Å². The minimum atomic E-state index is -5.08. The Hall–Kier alpha value is -2.38. The highest BCUT2D eigenvalue weighted by atomic mass is 35.5. The van der Waals surface area contributed by atoms with E-state index in [2.05, 4.69) is 10.2 Å². The highest BCUT2D eigenvalue weighted by Crippen LogP contribution is 2.39. The van der Waals surface area contributed by atoms with Crippen molar-refractivity contribution in [3.05, 3.63) is 51.6 Å². The molecule has 0 spiro atoms. The van der Waals surface area contributed by atoms with E-state index < -0.39 is 22.2 Å². The first-order valence-electron chi connectivity index (χ1n) is 10.1. The molecule has 4 rings (SSSR count). The largest absolute Gasteiger partial charge is 0.494 e. The number of carboxylic acid groups (broad SMARTS) is 1. The normalized spacial score (nSPS) is 14.4. The molecule has 3 aromatic rings. The van der Waals surface area contributed by atoms with Gasteiger partial charge in [0.05, 0.1) is 28.4 Å². The fourth-order valence-electron chi connectivity index (χ4n) is 3.60. The third kappa shape index (κ3) is 5.78. The number of alkyl halides is 3. The van der Waals surface area contributed by atoms with E-state index in [1.54, 1.807) is 18.2 Å². The number of carboxylic acids is 1. The van der Waals surface area contributed by atoms with Gasteiger partial charge in [0.15, 0.2) is 5.75 Å². The van der Waals surface area contributed by atoms with E-state index in [0.717, 1.165) is 37.3 Å². The number of carbonyl (C=O) groups is 1. The molecule has 2 aromatic carbocycles. The number of hydrogen-bond acceptors (Lipinski definition) is 6. The smallest absolute Gasteiger partial charge is 0.490 e. The zero-order chi connectivity index (χ0) is 26.8. The molecule has 0 aliphatic carbocycles. The molecule has 15 heteroatoms. The van der Waals surface area contributed by atoms with Gasteiger partial charge in [0.25, 0.3) is 10.0 Å². The second-order valence-corrected chi connectivity index (χ2v) is 10.4. The summed E-state index contributed by atoms with van der Waals surface area (Å²) < 4.78 is 65.1. The van der Waals surface area contributed by atoms with Gasteiger partial charge in [-0.2, -0.15) is 13.2 Å². The Bertz CT molecular complexity index is 1390. The number of aromatic nitrogens is 1. The van der Waals surface area contributed by atoms with E-state index in [-0.39, 0.29) is 20.7 Å². The zero-order valence-corrected chi connectivity index (χ0v) is 21.5. The first-order chi connectivity index (χ1) is 16.8. The number of halogens is 6. The summed E-state index contributed by atoms with van der Waals surface area (Å²) in [7, 11) is -2.66. The average Bonchev–Trinajstić information content (AvgIpc) is 3.24. The van der Waals surface area contributed by atoms with Crippen LogP contribution in [0.5, 0.6) is 5.75 Å². The zero-order valence-electron chi connectivity index (χ0n) is 18.4. The lowest BCUT2D eigenvalue weighted by molar-refractivity contribution is -0.192. The molecular formula is C21H19Cl3F3N3O5S. The molecule has 2 N–H and O–H groups in total. The summed E-state index contributed by atoms with van der Waals surface area (Å²) >= 11 is 18.7. The van der Waals surface area contributed by atoms with Crippen molar-refractivity contribution in [1.29, 1.82) is 0 Å². The Morgan fingerprint density at radius 2 is 1.69 bits per heavy atom. The summed E-state index contributed by atoms with van der Waals surface area (Å²) in [6, 6.07) is 7.95. The maximum absolute atomic E-state index is 13.5. The van der Waals surface area contributed by atoms with Gasteiger partial charge in [0.2, 0.25) is 0 Å². The van der Waals surface area contributed by atoms with Crippen LogP contribution in [0, 0.1) is 0 Å². The number of hydrogen-bond donors (Lipinski definition) is 2. The number of aliphatic carboxylic acids is 1. The van der Waals surface area contributed by atoms with Crippen LogP contribution in [0.25, 0.3) is 10.9 Å². The molecule has 1 aliphatic heterocycles. The van der Waals surface area contributed by atoms with E-state index >= 15 is 0 Å². The van der Waals surface area contributed by atoms with Crippen molar-refractivity contribution >= 4 is 67.4 Å². The predicted octanol–water partition coefficient (Wildman–Crippen LogP) is 4.89. The van der Waals surface area contributed by atoms with Gasteiger partial charge in [-0.3, -0.25) is 0 Å². The van der Waals surface area contributed by atoms with Gasteiger partial charge in [-0.15, -0.1) is 0 Å². The monoisotopic (exact) mass is 587 g/mol. The summed E-state index contributed by atoms with van der Waals surface area (Å²) in [5.74, 6) is -2.71. The molecule has 36 heavy (non-hydrogen) atoms. The van der Waals surface area contributed by atoms with Crippen LogP contribution < -0.4 is 15.0 Å². The maximum Gasteiger partial charge on any atom is 0.490 e. The second-order valence-electron chi connectivity index (χ2n) is 7.40. The minimum absolute atomic E-state index is 0.0502. The molecule has 1 aliphatic rings. The lowest BCUT2D eigenvalue weighted by atomic mass is 10.2. The Morgan fingerprint density at radius 1 is 1.08 bits per heavy atom. The van der Waals surface area contributed by atoms with Gasteiger partial charge in [-0.1, -0.05) is 34.8 Å². The van der Waals surface area contributed by atoms with Crippen LogP contribution >= 0.6 is 34.8 Å². The minimum Gasteiger partial charge on any atom is -0.494 e. The molecular weight excluding hydrogens is 570 g/mol. The maximum atomic E-state index is 13.5. The van der Waals surface area contributed by atoms with Crippen molar-refractivity contribution in [2.24, 2.45) is 0 Å². The highest BCUT2D eigenvalue weighted by Gasteiger charge is 2.38. The Morgan fingerprint density at radius 3 is 2.25 bits per heavy atom. The molecule has 0 saturated carbocycles. The molecule has 0 bridgehead atoms. The van der Waals surface area contributed by atoms with Crippen molar-refractivity contribution < 1.29 is 36.2 Å². The Kier molecular flexibility index (Phi) is 8.56. The number of rotatable bonds is 4. The molecule has 0 atom stereocenters. The van der Waals surface area contributed by atoms with E-state index in [0.29, 0.717) is 10.5 Å². The predicted molar refractivity (Wildman–Crippen MR) is 131 cm³/mol. The van der Waals surface area contributed by atoms with Crippen LogP contribution in [-0.2, 0) is 14.8 Å². The quantitative estimate of drug-likeness (QED) is 0.448. The van der Waals surface area contributed by atoms with Crippen molar-refractivity contribution in [1.82, 2.24) is 9.29 Å². The summed E-state index contributed by atoms with van der Waals surface area (Å²) in [4.78, 5) is 11.0. The molecule has 196 valence electrons. The van der Waals surface area contributed by atoms with Crippen LogP contribution in [0.4, 0.5) is 18.9 Å². The first kappa shape index (κ1) is 28.2. The van der Waals surface area contributed by atoms with Crippen LogP contribution in [-0.4, -0.2) is 62.9 Å². The fourth-order valence-corrected chi connectivity index (χ4v) is 6.13. The van der Waals surface area contributed by atoms with Crippen molar-refractivity contribution in [3.63, 3.8) is 0 Å². The molecule has 0 radical (unpaired) electrons. The number of benzene rings is 2. The molecule has 1 saturated heterocycles. The van der Waals surface area contributed by atoms with Crippen molar-refractivity contribution in [3.8, 4) is 5.75 Å². The van der Waals surface area contributed by atoms with E-state index in [9.17, 15) is 21.6 Å². The number of nitrogens with zero attached hydrogens (tertiary/aromatic N) is 2. The lowest BCUT2D eigenvalue weighted by Crippen LogP contribution is -2.43. The second kappa shape index (κ2) is 10.9. The van der Waals surface area contributed by atoms with Crippen LogP contribution in [0.3, 0.4) is 0 Å². The summed E-state index contributed by atoms with van der Waals surface area (Å²) in [5.41, 5.74) is 1.34. The van der Waals surface area contributed by atoms with Crippen LogP contribution in [0.1, 0.15) is 0 Å². The van der Waals surface area contributed by atoms with Crippen LogP contribution in [0.15, 0.2) is 41.4 Å². The molecule has 0 amide bonds. The van der Waals surface area contributed by atoms with Crippen LogP contribution in [0.2, 0.25) is 15.1 Å². The lowest BCUT2D eigenvalue weighted by Gasteiger charge is -2.30. The summed E-state index contributed by atoms with van der Waals surface area (Å²) in [5, 5.41) is 12.1. The Labute approximate surface area is 219 Å². The van der Waals surface area contributed by atoms with Gasteiger partial charge >= 0.3 is 12.1 Å². The molecule has 8 nitrogen and oxygen atoms in total. The molecule has 1 fully saturated rings. The van der Waals surface area contributed by atoms with Gasteiger partial charge in [0.1, 0.15) is 4.90 Å². The van der Waals surface area contributed by atoms with Crippen molar-refractivity contribution in [2.45, 2.75) is 11.1 Å². The van der Waals surface area contributed by atoms with E-state index in [1.807, 2.05) is 0 Å². The number of piperazine rings is 1. The van der Waals surface area contributed by atoms with Gasteiger partial charge in [-0.05, 0) is 30.3 Å². The molecule has 2 heterocycles. The van der Waals surface area contributed by atoms with Crippen molar-refractivity contribution in [2.75, 3.05) is 38.2 Å². The first-order valence-corrected chi connectivity index (χ1v) is 12.7. The Balaban J connectivity index is 0.000000454. The van der Waals surface area contributed by atoms with Gasteiger partial charge in [0, 0.05) is 42.8 Å². The van der Waals surface area contributed by atoms with Gasteiger partial charge in [-0.25, -0.2) is 17.2 Å². The number of nitrogens with one attached hydrogen (secondary N) is 1. The summed E-state index contributed by atoms with van der Waals surface area (Å²) in [6.45, 7) is 3.25.